The van der Waals surface area contributed by atoms with Crippen molar-refractivity contribution in [3.05, 3.63) is 36.5 Å². The molecule has 39 heavy (non-hydrogen) atoms. The van der Waals surface area contributed by atoms with Gasteiger partial charge in [0.15, 0.2) is 0 Å². The van der Waals surface area contributed by atoms with Crippen molar-refractivity contribution < 1.29 is 22.8 Å². The average Bonchev–Trinajstić information content (AvgIpc) is 3.46. The van der Waals surface area contributed by atoms with Crippen molar-refractivity contribution in [2.24, 2.45) is 11.3 Å². The summed E-state index contributed by atoms with van der Waals surface area (Å²) in [6, 6.07) is 6.59. The maximum atomic E-state index is 14.0. The zero-order valence-electron chi connectivity index (χ0n) is 23.3. The smallest absolute Gasteiger partial charge is 0.246 e. The molecule has 2 aromatic rings. The van der Waals surface area contributed by atoms with Crippen molar-refractivity contribution in [2.45, 2.75) is 58.3 Å². The highest BCUT2D eigenvalue weighted by atomic mass is 32.2. The van der Waals surface area contributed by atoms with Gasteiger partial charge in [-0.2, -0.15) is 4.31 Å². The third-order valence-corrected chi connectivity index (χ3v) is 9.01. The minimum Gasteiger partial charge on any atom is -0.342 e. The Morgan fingerprint density at radius 3 is 2.46 bits per heavy atom. The number of pyridine rings is 1. The third-order valence-electron chi connectivity index (χ3n) is 7.74. The number of amides is 3. The number of hydrogen-bond acceptors (Lipinski definition) is 7. The number of nitrogens with one attached hydrogen (secondary N) is 3. The van der Waals surface area contributed by atoms with Gasteiger partial charge in [0.1, 0.15) is 6.04 Å². The van der Waals surface area contributed by atoms with E-state index >= 15 is 0 Å². The molecular weight excluding hydrogens is 520 g/mol. The minimum absolute atomic E-state index is 0.0364. The number of likely N-dealkylation sites (tertiary alicyclic amines) is 1. The van der Waals surface area contributed by atoms with Crippen molar-refractivity contribution in [3.63, 3.8) is 0 Å². The van der Waals surface area contributed by atoms with Crippen LogP contribution in [0.4, 0.5) is 5.69 Å². The molecule has 5 atom stereocenters. The fourth-order valence-corrected chi connectivity index (χ4v) is 6.71. The molecule has 212 valence electrons. The number of fused-ring (bicyclic) bond motifs is 2. The van der Waals surface area contributed by atoms with Gasteiger partial charge in [-0.3, -0.25) is 19.4 Å². The normalized spacial score (nSPS) is 23.3. The summed E-state index contributed by atoms with van der Waals surface area (Å²) >= 11 is 0. The SMILES string of the molecule is CN[C@@H](C)C(=O)N[C@H](C(=O)N1CCC2[C@H]1[C@@H](C(=O)Nc1cccc3cccnc13)CN2S(C)(=O)=O)C(C)(C)C. The standard InChI is InChI=1S/C27H38N6O5S/c1-16(28-5)24(34)31-23(27(2,3)4)26(36)32-14-12-20-22(32)18(15-33(20)39(6,37)38)25(35)30-19-11-7-9-17-10-8-13-29-21(17)19/h7-11,13,16,18,20,22-23,28H,12,14-15H2,1-6H3,(H,30,35)(H,31,34)/t16-,18-,20?,22+,23+/m0/s1. The second-order valence-electron chi connectivity index (χ2n) is 11.5. The van der Waals surface area contributed by atoms with Crippen molar-refractivity contribution in [3.8, 4) is 0 Å². The summed E-state index contributed by atoms with van der Waals surface area (Å²) in [4.78, 5) is 46.5. The highest BCUT2D eigenvalue weighted by Gasteiger charge is 2.56. The van der Waals surface area contributed by atoms with Gasteiger partial charge in [-0.15, -0.1) is 0 Å². The Kier molecular flexibility index (Phi) is 8.02. The quantitative estimate of drug-likeness (QED) is 0.463. The molecule has 11 nitrogen and oxygen atoms in total. The lowest BCUT2D eigenvalue weighted by Crippen LogP contribution is -2.59. The van der Waals surface area contributed by atoms with E-state index in [4.69, 9.17) is 0 Å². The number of benzene rings is 1. The molecule has 2 saturated heterocycles. The van der Waals surface area contributed by atoms with Crippen LogP contribution >= 0.6 is 0 Å². The highest BCUT2D eigenvalue weighted by Crippen LogP contribution is 2.39. The Bertz CT molecular complexity index is 1370. The van der Waals surface area contributed by atoms with Crippen LogP contribution in [0, 0.1) is 11.3 Å². The van der Waals surface area contributed by atoms with E-state index in [0.29, 0.717) is 17.6 Å². The summed E-state index contributed by atoms with van der Waals surface area (Å²) in [5.74, 6) is -1.83. The van der Waals surface area contributed by atoms with E-state index in [1.807, 2.05) is 45.0 Å². The predicted octanol–water partition coefficient (Wildman–Crippen LogP) is 1.17. The minimum atomic E-state index is -3.64. The lowest BCUT2D eigenvalue weighted by molar-refractivity contribution is -0.141. The van der Waals surface area contributed by atoms with Crippen LogP contribution in [-0.4, -0.2) is 90.9 Å². The molecule has 0 aliphatic carbocycles. The first kappa shape index (κ1) is 28.9. The molecule has 0 bridgehead atoms. The number of carbonyl (C=O) groups excluding carboxylic acids is 3. The van der Waals surface area contributed by atoms with E-state index in [9.17, 15) is 22.8 Å². The molecule has 0 saturated carbocycles. The summed E-state index contributed by atoms with van der Waals surface area (Å²) in [5.41, 5.74) is 0.514. The molecule has 3 heterocycles. The van der Waals surface area contributed by atoms with Gasteiger partial charge in [0.05, 0.1) is 35.5 Å². The monoisotopic (exact) mass is 558 g/mol. The number of para-hydroxylation sites is 1. The van der Waals surface area contributed by atoms with E-state index in [-0.39, 0.29) is 30.8 Å². The molecule has 0 spiro atoms. The van der Waals surface area contributed by atoms with Gasteiger partial charge < -0.3 is 20.9 Å². The lowest BCUT2D eigenvalue weighted by atomic mass is 9.85. The van der Waals surface area contributed by atoms with Crippen LogP contribution in [0.2, 0.25) is 0 Å². The third kappa shape index (κ3) is 5.78. The Morgan fingerprint density at radius 1 is 1.13 bits per heavy atom. The van der Waals surface area contributed by atoms with E-state index in [1.54, 1.807) is 31.1 Å². The predicted molar refractivity (Wildman–Crippen MR) is 149 cm³/mol. The molecule has 3 N–H and O–H groups in total. The Hall–Kier alpha value is -3.09. The first-order chi connectivity index (χ1) is 18.2. The molecule has 0 radical (unpaired) electrons. The zero-order chi connectivity index (χ0) is 28.7. The maximum Gasteiger partial charge on any atom is 0.246 e. The van der Waals surface area contributed by atoms with Crippen LogP contribution in [0.15, 0.2) is 36.5 Å². The van der Waals surface area contributed by atoms with Gasteiger partial charge in [-0.25, -0.2) is 8.42 Å². The summed E-state index contributed by atoms with van der Waals surface area (Å²) in [7, 11) is -1.97. The summed E-state index contributed by atoms with van der Waals surface area (Å²) in [6.45, 7) is 7.54. The Balaban J connectivity index is 1.66. The largest absolute Gasteiger partial charge is 0.342 e. The number of hydrogen-bond donors (Lipinski definition) is 3. The number of sulfonamides is 1. The van der Waals surface area contributed by atoms with E-state index < -0.39 is 45.5 Å². The van der Waals surface area contributed by atoms with Crippen molar-refractivity contribution >= 4 is 44.3 Å². The van der Waals surface area contributed by atoms with Crippen molar-refractivity contribution in [1.29, 1.82) is 0 Å². The van der Waals surface area contributed by atoms with E-state index in [0.717, 1.165) is 11.6 Å². The molecule has 2 aliphatic rings. The molecule has 1 aromatic carbocycles. The zero-order valence-corrected chi connectivity index (χ0v) is 24.1. The van der Waals surface area contributed by atoms with Gasteiger partial charge in [-0.1, -0.05) is 39.0 Å². The summed E-state index contributed by atoms with van der Waals surface area (Å²) in [5, 5.41) is 9.56. The van der Waals surface area contributed by atoms with E-state index in [2.05, 4.69) is 20.9 Å². The van der Waals surface area contributed by atoms with Crippen molar-refractivity contribution in [1.82, 2.24) is 24.8 Å². The topological polar surface area (TPSA) is 141 Å². The van der Waals surface area contributed by atoms with Gasteiger partial charge in [-0.05, 0) is 37.9 Å². The number of nitrogens with zero attached hydrogens (tertiary/aromatic N) is 3. The summed E-state index contributed by atoms with van der Waals surface area (Å²) < 4.78 is 26.8. The molecule has 12 heteroatoms. The van der Waals surface area contributed by atoms with Crippen LogP contribution in [0.1, 0.15) is 34.1 Å². The number of carbonyl (C=O) groups is 3. The second kappa shape index (κ2) is 10.8. The van der Waals surface area contributed by atoms with Gasteiger partial charge in [0.2, 0.25) is 27.7 Å². The Labute approximate surface area is 229 Å². The first-order valence-corrected chi connectivity index (χ1v) is 15.0. The molecule has 2 fully saturated rings. The fourth-order valence-electron chi connectivity index (χ4n) is 5.56. The van der Waals surface area contributed by atoms with Crippen LogP contribution < -0.4 is 16.0 Å². The number of likely N-dealkylation sites (N-methyl/N-ethyl adjacent to an activating group) is 1. The van der Waals surface area contributed by atoms with Crippen LogP contribution in [0.3, 0.4) is 0 Å². The lowest BCUT2D eigenvalue weighted by Gasteiger charge is -2.37. The van der Waals surface area contributed by atoms with Gasteiger partial charge in [0, 0.05) is 30.7 Å². The maximum absolute atomic E-state index is 14.0. The number of aromatic nitrogens is 1. The first-order valence-electron chi connectivity index (χ1n) is 13.1. The molecule has 1 unspecified atom stereocenters. The molecule has 1 aromatic heterocycles. The molecule has 3 amide bonds. The van der Waals surface area contributed by atoms with Crippen LogP contribution in [0.25, 0.3) is 10.9 Å². The second-order valence-corrected chi connectivity index (χ2v) is 13.4. The number of rotatable bonds is 7. The van der Waals surface area contributed by atoms with E-state index in [1.165, 1.54) is 4.31 Å². The summed E-state index contributed by atoms with van der Waals surface area (Å²) in [6.07, 6.45) is 3.17. The molecular formula is C27H38N6O5S. The van der Waals surface area contributed by atoms with Crippen LogP contribution in [0.5, 0.6) is 0 Å². The fraction of sp³-hybridized carbons (Fsp3) is 0.556. The highest BCUT2D eigenvalue weighted by molar-refractivity contribution is 7.88. The van der Waals surface area contributed by atoms with Crippen molar-refractivity contribution in [2.75, 3.05) is 31.7 Å². The van der Waals surface area contributed by atoms with Gasteiger partial charge in [0.25, 0.3) is 0 Å². The number of anilines is 1. The average molecular weight is 559 g/mol. The molecule has 2 aliphatic heterocycles. The van der Waals surface area contributed by atoms with Gasteiger partial charge >= 0.3 is 0 Å². The molecule has 4 rings (SSSR count). The van der Waals surface area contributed by atoms with Crippen LogP contribution in [-0.2, 0) is 24.4 Å². The Morgan fingerprint density at radius 2 is 1.82 bits per heavy atom.